The third-order valence-electron chi connectivity index (χ3n) is 2.89. The zero-order valence-electron chi connectivity index (χ0n) is 10.7. The summed E-state index contributed by atoms with van der Waals surface area (Å²) in [6.07, 6.45) is -9.63. The second kappa shape index (κ2) is 5.36. The number of nitrogens with one attached hydrogen (secondary N) is 1. The molecule has 0 fully saturated rings. The van der Waals surface area contributed by atoms with Crippen molar-refractivity contribution in [2.75, 3.05) is 0 Å². The van der Waals surface area contributed by atoms with E-state index in [1.807, 2.05) is 0 Å². The molecular weight excluding hydrogens is 338 g/mol. The lowest BCUT2D eigenvalue weighted by molar-refractivity contribution is -0.138. The highest BCUT2D eigenvalue weighted by atomic mass is 19.4. The Kier molecular flexibility index (Phi) is 3.95. The van der Waals surface area contributed by atoms with Gasteiger partial charge in [0.25, 0.3) is 5.56 Å². The van der Waals surface area contributed by atoms with Crippen LogP contribution in [-0.2, 0) is 12.4 Å². The molecule has 0 unspecified atom stereocenters. The highest BCUT2D eigenvalue weighted by molar-refractivity contribution is 5.68. The molecule has 0 saturated carbocycles. The summed E-state index contributed by atoms with van der Waals surface area (Å²) in [6, 6.07) is 0.00327. The summed E-state index contributed by atoms with van der Waals surface area (Å²) in [5.41, 5.74) is -7.79. The van der Waals surface area contributed by atoms with E-state index in [-0.39, 0.29) is 12.1 Å². The highest BCUT2D eigenvalue weighted by Gasteiger charge is 2.38. The first-order valence-corrected chi connectivity index (χ1v) is 5.78. The Bertz CT molecular complexity index is 780. The van der Waals surface area contributed by atoms with Gasteiger partial charge in [-0.25, -0.2) is 8.78 Å². The topological polar surface area (TPSA) is 32.9 Å². The SMILES string of the molecule is O=c1[nH]ccc(C(F)(F)F)c1-c1c(F)cc(C(F)(F)F)cc1F. The van der Waals surface area contributed by atoms with Crippen LogP contribution in [0.2, 0.25) is 0 Å². The molecule has 23 heavy (non-hydrogen) atoms. The van der Waals surface area contributed by atoms with E-state index in [1.165, 1.54) is 0 Å². The number of aromatic nitrogens is 1. The Balaban J connectivity index is 2.82. The molecule has 1 aromatic carbocycles. The number of pyridine rings is 1. The number of halogens is 8. The number of rotatable bonds is 1. The van der Waals surface area contributed by atoms with Gasteiger partial charge >= 0.3 is 12.4 Å². The van der Waals surface area contributed by atoms with Crippen molar-refractivity contribution in [1.82, 2.24) is 4.98 Å². The quantitative estimate of drug-likeness (QED) is 0.767. The van der Waals surface area contributed by atoms with Gasteiger partial charge < -0.3 is 4.98 Å². The van der Waals surface area contributed by atoms with E-state index in [0.717, 1.165) is 0 Å². The molecule has 0 atom stereocenters. The maximum atomic E-state index is 13.8. The fourth-order valence-electron chi connectivity index (χ4n) is 1.94. The van der Waals surface area contributed by atoms with Crippen LogP contribution in [0.5, 0.6) is 0 Å². The van der Waals surface area contributed by atoms with E-state index in [9.17, 15) is 39.9 Å². The van der Waals surface area contributed by atoms with Crippen LogP contribution in [0.1, 0.15) is 11.1 Å². The van der Waals surface area contributed by atoms with Crippen molar-refractivity contribution >= 4 is 0 Å². The van der Waals surface area contributed by atoms with E-state index < -0.39 is 51.8 Å². The Labute approximate surface area is 122 Å². The highest BCUT2D eigenvalue weighted by Crippen LogP contribution is 2.39. The van der Waals surface area contributed by atoms with Gasteiger partial charge in [0.15, 0.2) is 0 Å². The lowest BCUT2D eigenvalue weighted by atomic mass is 9.98. The Hall–Kier alpha value is -2.39. The molecule has 1 heterocycles. The molecule has 1 N–H and O–H groups in total. The zero-order chi connectivity index (χ0) is 17.6. The van der Waals surface area contributed by atoms with Crippen LogP contribution in [0.4, 0.5) is 35.1 Å². The largest absolute Gasteiger partial charge is 0.417 e. The van der Waals surface area contributed by atoms with Crippen LogP contribution < -0.4 is 5.56 Å². The van der Waals surface area contributed by atoms with Crippen molar-refractivity contribution in [2.24, 2.45) is 0 Å². The van der Waals surface area contributed by atoms with Crippen molar-refractivity contribution in [1.29, 1.82) is 0 Å². The monoisotopic (exact) mass is 343 g/mol. The normalized spacial score (nSPS) is 12.5. The van der Waals surface area contributed by atoms with Crippen LogP contribution in [-0.4, -0.2) is 4.98 Å². The minimum absolute atomic E-state index is 0.176. The number of aromatic amines is 1. The second-order valence-corrected chi connectivity index (χ2v) is 4.41. The number of H-pyrrole nitrogens is 1. The van der Waals surface area contributed by atoms with Crippen molar-refractivity contribution in [3.63, 3.8) is 0 Å². The molecule has 2 rings (SSSR count). The molecule has 0 aliphatic carbocycles. The van der Waals surface area contributed by atoms with Crippen molar-refractivity contribution in [2.45, 2.75) is 12.4 Å². The maximum Gasteiger partial charge on any atom is 0.417 e. The molecule has 10 heteroatoms. The molecule has 0 radical (unpaired) electrons. The molecule has 0 amide bonds. The molecule has 0 saturated heterocycles. The molecule has 2 nitrogen and oxygen atoms in total. The average molecular weight is 343 g/mol. The summed E-state index contributed by atoms with van der Waals surface area (Å²) in [5, 5.41) is 0. The van der Waals surface area contributed by atoms with Gasteiger partial charge in [0.1, 0.15) is 11.6 Å². The van der Waals surface area contributed by atoms with Crippen LogP contribution in [0.15, 0.2) is 29.2 Å². The fraction of sp³-hybridized carbons (Fsp3) is 0.154. The van der Waals surface area contributed by atoms with Gasteiger partial charge in [0, 0.05) is 6.20 Å². The summed E-state index contributed by atoms with van der Waals surface area (Å²) < 4.78 is 104. The number of benzene rings is 1. The Morgan fingerprint density at radius 3 is 1.78 bits per heavy atom. The van der Waals surface area contributed by atoms with Crippen LogP contribution in [0.25, 0.3) is 11.1 Å². The van der Waals surface area contributed by atoms with E-state index in [4.69, 9.17) is 0 Å². The summed E-state index contributed by atoms with van der Waals surface area (Å²) in [5.74, 6) is -3.86. The van der Waals surface area contributed by atoms with Crippen LogP contribution in [0, 0.1) is 11.6 Å². The van der Waals surface area contributed by atoms with Gasteiger partial charge in [0.2, 0.25) is 0 Å². The maximum absolute atomic E-state index is 13.8. The van der Waals surface area contributed by atoms with Gasteiger partial charge in [-0.2, -0.15) is 26.3 Å². The molecule has 0 aliphatic heterocycles. The molecule has 124 valence electrons. The summed E-state index contributed by atoms with van der Waals surface area (Å²) in [7, 11) is 0. The Morgan fingerprint density at radius 1 is 0.826 bits per heavy atom. The molecule has 1 aromatic heterocycles. The predicted octanol–water partition coefficient (Wildman–Crippen LogP) is 4.36. The molecule has 0 aliphatic rings. The first kappa shape index (κ1) is 17.0. The number of hydrogen-bond acceptors (Lipinski definition) is 1. The summed E-state index contributed by atoms with van der Waals surface area (Å²) in [4.78, 5) is 13.4. The van der Waals surface area contributed by atoms with Crippen molar-refractivity contribution < 1.29 is 35.1 Å². The van der Waals surface area contributed by atoms with E-state index in [1.54, 1.807) is 4.98 Å². The van der Waals surface area contributed by atoms with Crippen LogP contribution >= 0.6 is 0 Å². The van der Waals surface area contributed by atoms with Crippen molar-refractivity contribution in [3.8, 4) is 11.1 Å². The molecule has 2 aromatic rings. The standard InChI is InChI=1S/C13H5F8NO/c14-7-3-5(12(16,17)18)4-8(15)10(7)9-6(13(19,20)21)1-2-22-11(9)23/h1-4H,(H,22,23). The fourth-order valence-corrected chi connectivity index (χ4v) is 1.94. The molecule has 0 bridgehead atoms. The molecular formula is C13H5F8NO. The first-order valence-electron chi connectivity index (χ1n) is 5.78. The van der Waals surface area contributed by atoms with E-state index >= 15 is 0 Å². The lowest BCUT2D eigenvalue weighted by Crippen LogP contribution is -2.19. The van der Waals surface area contributed by atoms with Gasteiger partial charge in [0.05, 0.1) is 22.3 Å². The van der Waals surface area contributed by atoms with Gasteiger partial charge in [-0.1, -0.05) is 0 Å². The van der Waals surface area contributed by atoms with E-state index in [0.29, 0.717) is 12.3 Å². The smallest absolute Gasteiger partial charge is 0.329 e. The average Bonchev–Trinajstić information content (AvgIpc) is 2.37. The van der Waals surface area contributed by atoms with Crippen molar-refractivity contribution in [3.05, 3.63) is 57.5 Å². The minimum atomic E-state index is -5.13. The minimum Gasteiger partial charge on any atom is -0.329 e. The lowest BCUT2D eigenvalue weighted by Gasteiger charge is -2.14. The van der Waals surface area contributed by atoms with Gasteiger partial charge in [-0.05, 0) is 18.2 Å². The third kappa shape index (κ3) is 3.20. The number of alkyl halides is 6. The second-order valence-electron chi connectivity index (χ2n) is 4.41. The van der Waals surface area contributed by atoms with Gasteiger partial charge in [-0.15, -0.1) is 0 Å². The summed E-state index contributed by atoms with van der Waals surface area (Å²) >= 11 is 0. The number of hydrogen-bond donors (Lipinski definition) is 1. The zero-order valence-corrected chi connectivity index (χ0v) is 10.7. The van der Waals surface area contributed by atoms with E-state index in [2.05, 4.69) is 0 Å². The predicted molar refractivity (Wildman–Crippen MR) is 62.4 cm³/mol. The Morgan fingerprint density at radius 2 is 1.35 bits per heavy atom. The summed E-state index contributed by atoms with van der Waals surface area (Å²) in [6.45, 7) is 0. The third-order valence-corrected chi connectivity index (χ3v) is 2.89. The van der Waals surface area contributed by atoms with Gasteiger partial charge in [-0.3, -0.25) is 4.79 Å². The van der Waals surface area contributed by atoms with Crippen LogP contribution in [0.3, 0.4) is 0 Å². The molecule has 0 spiro atoms. The first-order chi connectivity index (χ1) is 10.4.